The first-order valence-electron chi connectivity index (χ1n) is 8.27. The lowest BCUT2D eigenvalue weighted by Gasteiger charge is -2.25. The predicted octanol–water partition coefficient (Wildman–Crippen LogP) is -2.04. The monoisotopic (exact) mass is 387 g/mol. The van der Waals surface area contributed by atoms with Crippen molar-refractivity contribution in [2.24, 2.45) is 14.1 Å². The Kier molecular flexibility index (Phi) is 6.04. The van der Waals surface area contributed by atoms with E-state index in [1.807, 2.05) is 11.9 Å². The summed E-state index contributed by atoms with van der Waals surface area (Å²) in [6, 6.07) is -0.0225. The van der Waals surface area contributed by atoms with E-state index >= 15 is 0 Å². The summed E-state index contributed by atoms with van der Waals surface area (Å²) in [5.41, 5.74) is -1.46. The molecule has 0 aliphatic carbocycles. The number of likely N-dealkylation sites (N-methyl/N-ethyl adjacent to an activating group) is 1. The largest absolute Gasteiger partial charge is 0.359 e. The normalized spacial score (nSPS) is 21.1. The number of aryl methyl sites for hydroxylation is 1. The van der Waals surface area contributed by atoms with E-state index in [-0.39, 0.29) is 24.5 Å². The van der Waals surface area contributed by atoms with Crippen LogP contribution in [0.5, 0.6) is 0 Å². The molecule has 2 N–H and O–H groups in total. The van der Waals surface area contributed by atoms with Crippen molar-refractivity contribution in [2.45, 2.75) is 36.2 Å². The molecule has 2 rings (SSSR count). The van der Waals surface area contributed by atoms with Crippen molar-refractivity contribution in [3.63, 3.8) is 0 Å². The highest BCUT2D eigenvalue weighted by Crippen LogP contribution is 2.24. The van der Waals surface area contributed by atoms with Gasteiger partial charge in [0.1, 0.15) is 0 Å². The van der Waals surface area contributed by atoms with Crippen LogP contribution in [0.4, 0.5) is 0 Å². The van der Waals surface area contributed by atoms with Gasteiger partial charge in [-0.25, -0.2) is 17.9 Å². The zero-order valence-corrected chi connectivity index (χ0v) is 16.2. The van der Waals surface area contributed by atoms with Crippen LogP contribution in [0.3, 0.4) is 0 Å². The van der Waals surface area contributed by atoms with E-state index in [2.05, 4.69) is 10.0 Å². The molecule has 0 unspecified atom stereocenters. The fourth-order valence-corrected chi connectivity index (χ4v) is 4.37. The standard InChI is InChI=1S/C15H25N5O5S/c1-16-13(21)7-10-5-6-11(19(10)3)8-17-26(24,25)12-9-18(2)15(23)20(4)14(12)22/h9-11,17H,5-8H2,1-4H3,(H,16,21)/t10-,11+/m1/s1. The van der Waals surface area contributed by atoms with Gasteiger partial charge in [-0.05, 0) is 19.9 Å². The number of amides is 1. The van der Waals surface area contributed by atoms with Crippen LogP contribution in [0.15, 0.2) is 20.7 Å². The van der Waals surface area contributed by atoms with E-state index < -0.39 is 26.2 Å². The second-order valence-corrected chi connectivity index (χ2v) is 8.27. The van der Waals surface area contributed by atoms with Gasteiger partial charge < -0.3 is 9.88 Å². The van der Waals surface area contributed by atoms with E-state index in [0.29, 0.717) is 6.42 Å². The van der Waals surface area contributed by atoms with Gasteiger partial charge in [-0.1, -0.05) is 0 Å². The maximum absolute atomic E-state index is 12.5. The summed E-state index contributed by atoms with van der Waals surface area (Å²) in [7, 11) is 1.99. The lowest BCUT2D eigenvalue weighted by atomic mass is 10.1. The van der Waals surface area contributed by atoms with Gasteiger partial charge in [0.15, 0.2) is 4.90 Å². The molecule has 2 atom stereocenters. The number of carbonyl (C=O) groups excluding carboxylic acids is 1. The van der Waals surface area contributed by atoms with E-state index in [1.54, 1.807) is 7.05 Å². The molecule has 1 amide bonds. The predicted molar refractivity (Wildman–Crippen MR) is 95.4 cm³/mol. The van der Waals surface area contributed by atoms with Crippen molar-refractivity contribution >= 4 is 15.9 Å². The van der Waals surface area contributed by atoms with Crippen LogP contribution in [-0.2, 0) is 28.9 Å². The number of aromatic nitrogens is 2. The van der Waals surface area contributed by atoms with Gasteiger partial charge >= 0.3 is 5.69 Å². The number of sulfonamides is 1. The summed E-state index contributed by atoms with van der Waals surface area (Å²) in [6.07, 6.45) is 2.92. The quantitative estimate of drug-likeness (QED) is 0.580. The molecule has 26 heavy (non-hydrogen) atoms. The maximum atomic E-state index is 12.5. The molecule has 0 bridgehead atoms. The minimum absolute atomic E-state index is 0.0508. The first-order valence-corrected chi connectivity index (χ1v) is 9.75. The maximum Gasteiger partial charge on any atom is 0.330 e. The highest BCUT2D eigenvalue weighted by molar-refractivity contribution is 7.89. The summed E-state index contributed by atoms with van der Waals surface area (Å²) in [5, 5.41) is 2.58. The van der Waals surface area contributed by atoms with Crippen molar-refractivity contribution in [3.05, 3.63) is 27.0 Å². The summed E-state index contributed by atoms with van der Waals surface area (Å²) in [6.45, 7) is 0.120. The molecule has 1 aliphatic rings. The Bertz CT molecular complexity index is 904. The fraction of sp³-hybridized carbons (Fsp3) is 0.667. The van der Waals surface area contributed by atoms with Gasteiger partial charge in [0, 0.05) is 52.4 Å². The smallest absolute Gasteiger partial charge is 0.330 e. The Balaban J connectivity index is 2.11. The van der Waals surface area contributed by atoms with E-state index in [4.69, 9.17) is 0 Å². The van der Waals surface area contributed by atoms with Crippen molar-refractivity contribution in [1.29, 1.82) is 0 Å². The van der Waals surface area contributed by atoms with Gasteiger partial charge in [0.2, 0.25) is 15.9 Å². The summed E-state index contributed by atoms with van der Waals surface area (Å²) >= 11 is 0. The van der Waals surface area contributed by atoms with Crippen LogP contribution < -0.4 is 21.3 Å². The number of likely N-dealkylation sites (tertiary alicyclic amines) is 1. The Labute approximate surface area is 151 Å². The lowest BCUT2D eigenvalue weighted by molar-refractivity contribution is -0.121. The summed E-state index contributed by atoms with van der Waals surface area (Å²) < 4.78 is 29.3. The van der Waals surface area contributed by atoms with Crippen molar-refractivity contribution in [2.75, 3.05) is 20.6 Å². The first-order chi connectivity index (χ1) is 12.1. The molecule has 1 aromatic heterocycles. The molecule has 1 aliphatic heterocycles. The second-order valence-electron chi connectivity index (χ2n) is 6.53. The Morgan fingerprint density at radius 1 is 1.19 bits per heavy atom. The molecule has 10 nitrogen and oxygen atoms in total. The third kappa shape index (κ3) is 4.05. The highest BCUT2D eigenvalue weighted by Gasteiger charge is 2.33. The minimum atomic E-state index is -4.06. The second kappa shape index (κ2) is 7.72. The van der Waals surface area contributed by atoms with E-state index in [1.165, 1.54) is 14.1 Å². The number of rotatable bonds is 6. The molecular formula is C15H25N5O5S. The zero-order valence-electron chi connectivity index (χ0n) is 15.4. The SMILES string of the molecule is CNC(=O)C[C@H]1CC[C@@H](CNS(=O)(=O)c2cn(C)c(=O)n(C)c2=O)N1C. The molecule has 0 saturated carbocycles. The average Bonchev–Trinajstić information content (AvgIpc) is 2.94. The van der Waals surface area contributed by atoms with Crippen LogP contribution in [0.1, 0.15) is 19.3 Å². The number of carbonyl (C=O) groups is 1. The van der Waals surface area contributed by atoms with Crippen LogP contribution in [0, 0.1) is 0 Å². The topological polar surface area (TPSA) is 123 Å². The third-order valence-electron chi connectivity index (χ3n) is 4.90. The molecule has 2 heterocycles. The highest BCUT2D eigenvalue weighted by atomic mass is 32.2. The minimum Gasteiger partial charge on any atom is -0.359 e. The number of nitrogens with one attached hydrogen (secondary N) is 2. The molecule has 11 heteroatoms. The molecule has 0 radical (unpaired) electrons. The summed E-state index contributed by atoms with van der Waals surface area (Å²) in [5.74, 6) is -0.0585. The number of hydrogen-bond acceptors (Lipinski definition) is 6. The van der Waals surface area contributed by atoms with Crippen molar-refractivity contribution in [3.8, 4) is 0 Å². The van der Waals surface area contributed by atoms with Crippen molar-refractivity contribution < 1.29 is 13.2 Å². The van der Waals surface area contributed by atoms with Crippen LogP contribution in [0.2, 0.25) is 0 Å². The Morgan fingerprint density at radius 2 is 1.81 bits per heavy atom. The van der Waals surface area contributed by atoms with E-state index in [0.717, 1.165) is 28.2 Å². The molecule has 146 valence electrons. The van der Waals surface area contributed by atoms with Crippen LogP contribution in [-0.4, -0.2) is 61.1 Å². The fourth-order valence-electron chi connectivity index (χ4n) is 3.14. The molecular weight excluding hydrogens is 362 g/mol. The molecule has 0 aromatic carbocycles. The molecule has 1 saturated heterocycles. The molecule has 1 fully saturated rings. The number of nitrogens with zero attached hydrogens (tertiary/aromatic N) is 3. The Hall–Kier alpha value is -1.98. The van der Waals surface area contributed by atoms with Gasteiger partial charge in [0.25, 0.3) is 5.56 Å². The van der Waals surface area contributed by atoms with E-state index in [9.17, 15) is 22.8 Å². The Morgan fingerprint density at radius 3 is 2.42 bits per heavy atom. The zero-order chi connectivity index (χ0) is 19.6. The van der Waals surface area contributed by atoms with Gasteiger partial charge in [-0.2, -0.15) is 0 Å². The molecule has 0 spiro atoms. The number of hydrogen-bond donors (Lipinski definition) is 2. The molecule has 1 aromatic rings. The first kappa shape index (κ1) is 20.3. The van der Waals surface area contributed by atoms with Gasteiger partial charge in [-0.15, -0.1) is 0 Å². The lowest BCUT2D eigenvalue weighted by Crippen LogP contribution is -2.45. The van der Waals surface area contributed by atoms with Gasteiger partial charge in [0.05, 0.1) is 0 Å². The summed E-state index contributed by atoms with van der Waals surface area (Å²) in [4.78, 5) is 36.9. The third-order valence-corrected chi connectivity index (χ3v) is 6.30. The van der Waals surface area contributed by atoms with Crippen molar-refractivity contribution in [1.82, 2.24) is 24.1 Å². The van der Waals surface area contributed by atoms with Crippen LogP contribution in [0.25, 0.3) is 0 Å². The van der Waals surface area contributed by atoms with Gasteiger partial charge in [-0.3, -0.25) is 19.1 Å². The van der Waals surface area contributed by atoms with Crippen LogP contribution >= 0.6 is 0 Å². The average molecular weight is 387 g/mol.